The number of aromatic nitrogens is 4. The van der Waals surface area contributed by atoms with Gasteiger partial charge < -0.3 is 15.0 Å². The van der Waals surface area contributed by atoms with E-state index in [0.717, 1.165) is 5.82 Å². The van der Waals surface area contributed by atoms with Crippen LogP contribution in [0.1, 0.15) is 16.2 Å². The number of carbonyl (C=O) groups excluding carboxylic acids is 1. The summed E-state index contributed by atoms with van der Waals surface area (Å²) in [6.45, 7) is 1.85. The number of ether oxygens (including phenoxy) is 1. The molecule has 0 fully saturated rings. The lowest BCUT2D eigenvalue weighted by molar-refractivity contribution is 0.0601. The number of nitrogens with two attached hydrogens (primary N) is 1. The predicted octanol–water partition coefficient (Wildman–Crippen LogP) is 1.04. The van der Waals surface area contributed by atoms with Crippen molar-refractivity contribution < 1.29 is 9.53 Å². The number of nitrogens with zero attached hydrogens (tertiary/aromatic N) is 4. The molecule has 0 radical (unpaired) electrons. The molecule has 8 heteroatoms. The lowest BCUT2D eigenvalue weighted by Crippen LogP contribution is -2.06. The largest absolute Gasteiger partial charge is 0.465 e. The van der Waals surface area contributed by atoms with Crippen LogP contribution in [0.25, 0.3) is 0 Å². The van der Waals surface area contributed by atoms with Gasteiger partial charge in [0, 0.05) is 7.05 Å². The molecule has 2 aromatic heterocycles. The molecule has 7 nitrogen and oxygen atoms in total. The van der Waals surface area contributed by atoms with Crippen LogP contribution in [0.2, 0.25) is 0 Å². The Morgan fingerprint density at radius 2 is 2.21 bits per heavy atom. The molecule has 100 valence electrons. The fourth-order valence-corrected chi connectivity index (χ4v) is 2.18. The van der Waals surface area contributed by atoms with Crippen LogP contribution < -0.4 is 5.73 Å². The maximum absolute atomic E-state index is 11.5. The Labute approximate surface area is 114 Å². The van der Waals surface area contributed by atoms with Gasteiger partial charge in [0.15, 0.2) is 5.16 Å². The fraction of sp³-hybridized carbons (Fsp3) is 0.273. The molecule has 0 saturated carbocycles. The van der Waals surface area contributed by atoms with E-state index in [9.17, 15) is 4.79 Å². The highest BCUT2D eigenvalue weighted by atomic mass is 32.2. The van der Waals surface area contributed by atoms with E-state index in [1.807, 2.05) is 18.5 Å². The highest BCUT2D eigenvalue weighted by Crippen LogP contribution is 2.26. The van der Waals surface area contributed by atoms with Gasteiger partial charge in [-0.2, -0.15) is 0 Å². The first kappa shape index (κ1) is 13.3. The van der Waals surface area contributed by atoms with Crippen LogP contribution in [-0.4, -0.2) is 32.8 Å². The second kappa shape index (κ2) is 5.27. The molecule has 0 amide bonds. The SMILES string of the molecule is COC(=O)c1cc(Sc2nnc(C)n2C)ncc1N. The molecule has 0 aromatic carbocycles. The molecule has 19 heavy (non-hydrogen) atoms. The van der Waals surface area contributed by atoms with Crippen molar-refractivity contribution in [2.45, 2.75) is 17.1 Å². The van der Waals surface area contributed by atoms with E-state index in [2.05, 4.69) is 19.9 Å². The van der Waals surface area contributed by atoms with E-state index < -0.39 is 5.97 Å². The van der Waals surface area contributed by atoms with Crippen molar-refractivity contribution in [1.29, 1.82) is 0 Å². The summed E-state index contributed by atoms with van der Waals surface area (Å²) >= 11 is 1.30. The van der Waals surface area contributed by atoms with Crippen molar-refractivity contribution in [2.75, 3.05) is 12.8 Å². The van der Waals surface area contributed by atoms with E-state index in [-0.39, 0.29) is 5.69 Å². The first-order valence-corrected chi connectivity index (χ1v) is 6.22. The average molecular weight is 279 g/mol. The zero-order valence-corrected chi connectivity index (χ0v) is 11.6. The fourth-order valence-electron chi connectivity index (χ4n) is 1.36. The third-order valence-electron chi connectivity index (χ3n) is 2.56. The molecule has 0 spiro atoms. The highest BCUT2D eigenvalue weighted by Gasteiger charge is 2.14. The molecular formula is C11H13N5O2S. The normalized spacial score (nSPS) is 10.5. The Balaban J connectivity index is 2.31. The molecule has 2 heterocycles. The van der Waals surface area contributed by atoms with Gasteiger partial charge in [0.25, 0.3) is 0 Å². The number of esters is 1. The standard InChI is InChI=1S/C11H13N5O2S/c1-6-14-15-11(16(6)2)19-9-4-7(10(17)18-3)8(12)5-13-9/h4-5H,12H2,1-3H3. The smallest absolute Gasteiger partial charge is 0.340 e. The highest BCUT2D eigenvalue weighted by molar-refractivity contribution is 7.99. The molecule has 0 unspecified atom stereocenters. The van der Waals surface area contributed by atoms with Gasteiger partial charge in [-0.25, -0.2) is 9.78 Å². The Morgan fingerprint density at radius 3 is 2.79 bits per heavy atom. The summed E-state index contributed by atoms with van der Waals surface area (Å²) in [4.78, 5) is 15.7. The maximum Gasteiger partial charge on any atom is 0.340 e. The minimum Gasteiger partial charge on any atom is -0.465 e. The number of hydrogen-bond donors (Lipinski definition) is 1. The van der Waals surface area contributed by atoms with Crippen molar-refractivity contribution in [2.24, 2.45) is 7.05 Å². The van der Waals surface area contributed by atoms with Gasteiger partial charge in [-0.3, -0.25) is 0 Å². The van der Waals surface area contributed by atoms with Crippen LogP contribution in [0, 0.1) is 6.92 Å². The molecule has 0 aliphatic heterocycles. The second-order valence-corrected chi connectivity index (χ2v) is 4.78. The van der Waals surface area contributed by atoms with Crippen molar-refractivity contribution in [3.8, 4) is 0 Å². The minimum atomic E-state index is -0.490. The van der Waals surface area contributed by atoms with E-state index in [1.165, 1.54) is 25.1 Å². The van der Waals surface area contributed by atoms with Crippen molar-refractivity contribution >= 4 is 23.4 Å². The second-order valence-electron chi connectivity index (χ2n) is 3.79. The van der Waals surface area contributed by atoms with Crippen molar-refractivity contribution in [3.05, 3.63) is 23.7 Å². The molecule has 0 saturated heterocycles. The van der Waals surface area contributed by atoms with Gasteiger partial charge in [0.05, 0.1) is 24.6 Å². The summed E-state index contributed by atoms with van der Waals surface area (Å²) in [5.74, 6) is 0.307. The van der Waals surface area contributed by atoms with Crippen LogP contribution in [0.15, 0.2) is 22.4 Å². The number of hydrogen-bond acceptors (Lipinski definition) is 7. The molecule has 2 aromatic rings. The van der Waals surface area contributed by atoms with Gasteiger partial charge in [-0.05, 0) is 24.8 Å². The lowest BCUT2D eigenvalue weighted by atomic mass is 10.2. The number of methoxy groups -OCH3 is 1. The number of nitrogen functional groups attached to an aromatic ring is 1. The number of aryl methyl sites for hydroxylation is 1. The first-order chi connectivity index (χ1) is 9.02. The van der Waals surface area contributed by atoms with Gasteiger partial charge in [-0.15, -0.1) is 10.2 Å². The summed E-state index contributed by atoms with van der Waals surface area (Å²) in [6, 6.07) is 1.58. The number of rotatable bonds is 3. The molecule has 0 atom stereocenters. The molecule has 0 aliphatic rings. The summed E-state index contributed by atoms with van der Waals surface area (Å²) in [7, 11) is 3.16. The molecule has 0 bridgehead atoms. The van der Waals surface area contributed by atoms with E-state index in [0.29, 0.717) is 15.7 Å². The summed E-state index contributed by atoms with van der Waals surface area (Å²) in [5.41, 5.74) is 6.26. The molecular weight excluding hydrogens is 266 g/mol. The summed E-state index contributed by atoms with van der Waals surface area (Å²) in [5, 5.41) is 9.26. The van der Waals surface area contributed by atoms with Gasteiger partial charge >= 0.3 is 5.97 Å². The van der Waals surface area contributed by atoms with Crippen molar-refractivity contribution in [1.82, 2.24) is 19.7 Å². The average Bonchev–Trinajstić information content (AvgIpc) is 2.72. The zero-order chi connectivity index (χ0) is 14.0. The summed E-state index contributed by atoms with van der Waals surface area (Å²) in [6.07, 6.45) is 1.43. The van der Waals surface area contributed by atoms with Gasteiger partial charge in [-0.1, -0.05) is 0 Å². The third kappa shape index (κ3) is 2.68. The monoisotopic (exact) mass is 279 g/mol. The van der Waals surface area contributed by atoms with Gasteiger partial charge in [0.1, 0.15) is 10.9 Å². The summed E-state index contributed by atoms with van der Waals surface area (Å²) < 4.78 is 6.49. The Bertz CT molecular complexity index is 626. The third-order valence-corrected chi connectivity index (χ3v) is 3.53. The van der Waals surface area contributed by atoms with Crippen LogP contribution in [0.5, 0.6) is 0 Å². The maximum atomic E-state index is 11.5. The number of anilines is 1. The number of pyridine rings is 1. The quantitative estimate of drug-likeness (QED) is 0.838. The van der Waals surface area contributed by atoms with Crippen LogP contribution in [0.3, 0.4) is 0 Å². The van der Waals surface area contributed by atoms with E-state index in [1.54, 1.807) is 6.07 Å². The van der Waals surface area contributed by atoms with Crippen molar-refractivity contribution in [3.63, 3.8) is 0 Å². The Morgan fingerprint density at radius 1 is 1.47 bits per heavy atom. The Kier molecular flexibility index (Phi) is 3.70. The topological polar surface area (TPSA) is 95.9 Å². The van der Waals surface area contributed by atoms with E-state index >= 15 is 0 Å². The minimum absolute atomic E-state index is 0.283. The molecule has 2 N–H and O–H groups in total. The van der Waals surface area contributed by atoms with E-state index in [4.69, 9.17) is 5.73 Å². The predicted molar refractivity (Wildman–Crippen MR) is 69.9 cm³/mol. The Hall–Kier alpha value is -2.09. The van der Waals surface area contributed by atoms with Crippen LogP contribution in [-0.2, 0) is 11.8 Å². The van der Waals surface area contributed by atoms with Crippen LogP contribution >= 0.6 is 11.8 Å². The number of carbonyl (C=O) groups is 1. The molecule has 2 rings (SSSR count). The van der Waals surface area contributed by atoms with Gasteiger partial charge in [0.2, 0.25) is 0 Å². The zero-order valence-electron chi connectivity index (χ0n) is 10.7. The van der Waals surface area contributed by atoms with Crippen LogP contribution in [0.4, 0.5) is 5.69 Å². The molecule has 0 aliphatic carbocycles. The first-order valence-electron chi connectivity index (χ1n) is 5.40. The lowest BCUT2D eigenvalue weighted by Gasteiger charge is -2.05.